The van der Waals surface area contributed by atoms with E-state index in [-0.39, 0.29) is 11.7 Å². The van der Waals surface area contributed by atoms with Gasteiger partial charge in [-0.05, 0) is 24.0 Å². The Morgan fingerprint density at radius 2 is 2.00 bits per heavy atom. The first kappa shape index (κ1) is 15.6. The van der Waals surface area contributed by atoms with Crippen molar-refractivity contribution in [3.05, 3.63) is 39.4 Å². The molecule has 7 heteroatoms. The number of nitrogens with zero attached hydrogens (tertiary/aromatic N) is 1. The standard InChI is InChI=1S/C11H11N3O4.C2H6/c15-6-12-11(16)13-9-3-7-1-2-10(14(17)18)5-8(7)4-9;1-2/h1-2,5-6,9H,3-4H2,(H2,12,13,15,16);1-2H3. The van der Waals surface area contributed by atoms with Gasteiger partial charge in [-0.15, -0.1) is 0 Å². The Morgan fingerprint density at radius 3 is 2.60 bits per heavy atom. The van der Waals surface area contributed by atoms with Crippen molar-refractivity contribution in [3.8, 4) is 0 Å². The first-order chi connectivity index (χ1) is 9.60. The number of non-ortho nitro benzene ring substituents is 1. The summed E-state index contributed by atoms with van der Waals surface area (Å²) in [4.78, 5) is 31.4. The van der Waals surface area contributed by atoms with Gasteiger partial charge in [-0.25, -0.2) is 4.79 Å². The molecular formula is C13H17N3O4. The van der Waals surface area contributed by atoms with Gasteiger partial charge in [-0.1, -0.05) is 19.9 Å². The molecule has 2 rings (SSSR count). The number of rotatable bonds is 3. The summed E-state index contributed by atoms with van der Waals surface area (Å²) >= 11 is 0. The van der Waals surface area contributed by atoms with E-state index in [0.717, 1.165) is 11.1 Å². The lowest BCUT2D eigenvalue weighted by atomic mass is 10.1. The molecular weight excluding hydrogens is 262 g/mol. The lowest BCUT2D eigenvalue weighted by Crippen LogP contribution is -2.41. The van der Waals surface area contributed by atoms with Crippen LogP contribution in [0.25, 0.3) is 0 Å². The van der Waals surface area contributed by atoms with E-state index in [1.54, 1.807) is 6.07 Å². The fourth-order valence-electron chi connectivity index (χ4n) is 2.10. The van der Waals surface area contributed by atoms with Gasteiger partial charge >= 0.3 is 6.03 Å². The average Bonchev–Trinajstić information content (AvgIpc) is 2.82. The number of hydrogen-bond donors (Lipinski definition) is 2. The molecule has 1 aliphatic carbocycles. The molecule has 0 saturated heterocycles. The van der Waals surface area contributed by atoms with Crippen molar-refractivity contribution in [2.75, 3.05) is 0 Å². The first-order valence-corrected chi connectivity index (χ1v) is 6.37. The van der Waals surface area contributed by atoms with Gasteiger partial charge in [0.2, 0.25) is 6.41 Å². The highest BCUT2D eigenvalue weighted by Crippen LogP contribution is 2.26. The molecule has 0 spiro atoms. The lowest BCUT2D eigenvalue weighted by Gasteiger charge is -2.10. The normalized spacial score (nSPS) is 15.4. The summed E-state index contributed by atoms with van der Waals surface area (Å²) in [7, 11) is 0. The highest BCUT2D eigenvalue weighted by atomic mass is 16.6. The van der Waals surface area contributed by atoms with Gasteiger partial charge in [0.05, 0.1) is 4.92 Å². The minimum absolute atomic E-state index is 0.0479. The van der Waals surface area contributed by atoms with Crippen LogP contribution >= 0.6 is 0 Å². The van der Waals surface area contributed by atoms with Crippen LogP contribution in [0.1, 0.15) is 25.0 Å². The number of fused-ring (bicyclic) bond motifs is 1. The SMILES string of the molecule is CC.O=CNC(=O)NC1Cc2ccc([N+](=O)[O-])cc2C1. The van der Waals surface area contributed by atoms with Crippen LogP contribution in [0.5, 0.6) is 0 Å². The monoisotopic (exact) mass is 279 g/mol. The van der Waals surface area contributed by atoms with Crippen molar-refractivity contribution in [1.29, 1.82) is 0 Å². The van der Waals surface area contributed by atoms with E-state index >= 15 is 0 Å². The Balaban J connectivity index is 0.000000956. The van der Waals surface area contributed by atoms with Crippen LogP contribution in [0.2, 0.25) is 0 Å². The van der Waals surface area contributed by atoms with E-state index in [4.69, 9.17) is 0 Å². The third-order valence-corrected chi connectivity index (χ3v) is 2.86. The molecule has 0 heterocycles. The highest BCUT2D eigenvalue weighted by Gasteiger charge is 2.24. The summed E-state index contributed by atoms with van der Waals surface area (Å²) in [6, 6.07) is 3.98. The third kappa shape index (κ3) is 3.78. The van der Waals surface area contributed by atoms with E-state index in [9.17, 15) is 19.7 Å². The predicted octanol–water partition coefficient (Wildman–Crippen LogP) is 1.54. The Labute approximate surface area is 116 Å². The molecule has 2 N–H and O–H groups in total. The maximum absolute atomic E-state index is 11.2. The summed E-state index contributed by atoms with van der Waals surface area (Å²) in [5, 5.41) is 15.2. The molecule has 1 aromatic carbocycles. The van der Waals surface area contributed by atoms with E-state index in [1.165, 1.54) is 12.1 Å². The van der Waals surface area contributed by atoms with Crippen LogP contribution in [-0.4, -0.2) is 23.4 Å². The highest BCUT2D eigenvalue weighted by molar-refractivity contribution is 5.84. The van der Waals surface area contributed by atoms with Gasteiger partial charge in [0.1, 0.15) is 0 Å². The maximum atomic E-state index is 11.2. The number of nitro groups is 1. The van der Waals surface area contributed by atoms with Crippen molar-refractivity contribution in [2.24, 2.45) is 0 Å². The number of nitro benzene ring substituents is 1. The molecule has 0 aliphatic heterocycles. The zero-order chi connectivity index (χ0) is 15.1. The minimum Gasteiger partial charge on any atom is -0.334 e. The second-order valence-electron chi connectivity index (χ2n) is 4.05. The quantitative estimate of drug-likeness (QED) is 0.498. The molecule has 0 bridgehead atoms. The zero-order valence-corrected chi connectivity index (χ0v) is 11.4. The Kier molecular flexibility index (Phi) is 5.64. The Bertz CT molecular complexity index is 516. The molecule has 0 aromatic heterocycles. The molecule has 3 amide bonds. The molecule has 7 nitrogen and oxygen atoms in total. The topological polar surface area (TPSA) is 101 Å². The number of hydrogen-bond acceptors (Lipinski definition) is 4. The summed E-state index contributed by atoms with van der Waals surface area (Å²) in [6.45, 7) is 4.00. The van der Waals surface area contributed by atoms with Gasteiger partial charge in [0.25, 0.3) is 5.69 Å². The van der Waals surface area contributed by atoms with Gasteiger partial charge in [0, 0.05) is 18.2 Å². The van der Waals surface area contributed by atoms with Gasteiger partial charge < -0.3 is 5.32 Å². The van der Waals surface area contributed by atoms with Crippen molar-refractivity contribution in [2.45, 2.75) is 32.7 Å². The maximum Gasteiger partial charge on any atom is 0.321 e. The largest absolute Gasteiger partial charge is 0.334 e. The molecule has 0 radical (unpaired) electrons. The number of urea groups is 1. The predicted molar refractivity (Wildman–Crippen MR) is 73.4 cm³/mol. The summed E-state index contributed by atoms with van der Waals surface area (Å²) < 4.78 is 0. The summed E-state index contributed by atoms with van der Waals surface area (Å²) in [5.41, 5.74) is 1.89. The fraction of sp³-hybridized carbons (Fsp3) is 0.385. The van der Waals surface area contributed by atoms with E-state index in [0.29, 0.717) is 19.3 Å². The Morgan fingerprint density at radius 1 is 1.35 bits per heavy atom. The fourth-order valence-corrected chi connectivity index (χ4v) is 2.10. The van der Waals surface area contributed by atoms with Crippen molar-refractivity contribution < 1.29 is 14.5 Å². The minimum atomic E-state index is -0.558. The number of benzene rings is 1. The van der Waals surface area contributed by atoms with Crippen molar-refractivity contribution in [1.82, 2.24) is 10.6 Å². The lowest BCUT2D eigenvalue weighted by molar-refractivity contribution is -0.384. The molecule has 20 heavy (non-hydrogen) atoms. The summed E-state index contributed by atoms with van der Waals surface area (Å²) in [6.07, 6.45) is 1.45. The molecule has 1 unspecified atom stereocenters. The average molecular weight is 279 g/mol. The van der Waals surface area contributed by atoms with Crippen molar-refractivity contribution >= 4 is 18.1 Å². The van der Waals surface area contributed by atoms with Crippen LogP contribution < -0.4 is 10.6 Å². The molecule has 1 atom stereocenters. The van der Waals surface area contributed by atoms with Gasteiger partial charge in [0.15, 0.2) is 0 Å². The Hall–Kier alpha value is -2.44. The molecule has 1 aromatic rings. The van der Waals surface area contributed by atoms with Gasteiger partial charge in [-0.3, -0.25) is 20.2 Å². The van der Waals surface area contributed by atoms with E-state index < -0.39 is 11.0 Å². The third-order valence-electron chi connectivity index (χ3n) is 2.86. The van der Waals surface area contributed by atoms with Gasteiger partial charge in [-0.2, -0.15) is 0 Å². The van der Waals surface area contributed by atoms with E-state index in [1.807, 2.05) is 19.2 Å². The van der Waals surface area contributed by atoms with Crippen LogP contribution in [0.4, 0.5) is 10.5 Å². The second kappa shape index (κ2) is 7.22. The smallest absolute Gasteiger partial charge is 0.321 e. The van der Waals surface area contributed by atoms with Crippen molar-refractivity contribution in [3.63, 3.8) is 0 Å². The number of carbonyl (C=O) groups excluding carboxylic acids is 2. The molecule has 0 saturated carbocycles. The first-order valence-electron chi connectivity index (χ1n) is 6.37. The molecule has 0 fully saturated rings. The second-order valence-corrected chi connectivity index (χ2v) is 4.05. The van der Waals surface area contributed by atoms with Crippen LogP contribution in [-0.2, 0) is 17.6 Å². The van der Waals surface area contributed by atoms with Crippen LogP contribution in [0.15, 0.2) is 18.2 Å². The van der Waals surface area contributed by atoms with Crippen LogP contribution in [0.3, 0.4) is 0 Å². The zero-order valence-electron chi connectivity index (χ0n) is 11.4. The van der Waals surface area contributed by atoms with E-state index in [2.05, 4.69) is 5.32 Å². The number of imide groups is 1. The molecule has 1 aliphatic rings. The number of amides is 3. The molecule has 108 valence electrons. The summed E-state index contributed by atoms with van der Waals surface area (Å²) in [5.74, 6) is 0. The number of nitrogens with one attached hydrogen (secondary N) is 2. The number of carbonyl (C=O) groups is 2. The van der Waals surface area contributed by atoms with Crippen LogP contribution in [0, 0.1) is 10.1 Å².